The molecule has 2 rings (SSSR count). The molecule has 3 nitrogen and oxygen atoms in total. The molecule has 0 fully saturated rings. The fourth-order valence-corrected chi connectivity index (χ4v) is 3.11. The summed E-state index contributed by atoms with van der Waals surface area (Å²) in [6, 6.07) is 9.10. The second-order valence-electron chi connectivity index (χ2n) is 4.51. The van der Waals surface area contributed by atoms with Gasteiger partial charge in [-0.15, -0.1) is 0 Å². The molecule has 0 unspecified atom stereocenters. The molecule has 18 heavy (non-hydrogen) atoms. The van der Waals surface area contributed by atoms with E-state index in [0.717, 1.165) is 24.8 Å². The highest BCUT2D eigenvalue weighted by Crippen LogP contribution is 2.20. The van der Waals surface area contributed by atoms with Gasteiger partial charge in [-0.05, 0) is 31.2 Å². The molecule has 0 heterocycles. The lowest BCUT2D eigenvalue weighted by Gasteiger charge is -2.06. The molecule has 0 N–H and O–H groups in total. The Hall–Kier alpha value is -1.13. The van der Waals surface area contributed by atoms with Crippen molar-refractivity contribution in [2.24, 2.45) is 0 Å². The van der Waals surface area contributed by atoms with Gasteiger partial charge in [-0.25, -0.2) is 0 Å². The Balaban J connectivity index is 1.80. The second kappa shape index (κ2) is 6.16. The third kappa shape index (κ3) is 4.27. The van der Waals surface area contributed by atoms with Crippen LogP contribution in [0, 0.1) is 0 Å². The maximum Gasteiger partial charge on any atom is 0.271 e. The SMILES string of the molecule is O=S(=O)(Cc1ccccc1)OCCC1=CCCC1. The van der Waals surface area contributed by atoms with E-state index in [1.807, 2.05) is 18.2 Å². The van der Waals surface area contributed by atoms with Crippen LogP contribution in [0.5, 0.6) is 0 Å². The Morgan fingerprint density at radius 2 is 1.94 bits per heavy atom. The largest absolute Gasteiger partial charge is 0.271 e. The third-order valence-corrected chi connectivity index (χ3v) is 4.22. The van der Waals surface area contributed by atoms with Crippen molar-refractivity contribution < 1.29 is 12.6 Å². The maximum atomic E-state index is 11.7. The van der Waals surface area contributed by atoms with Crippen LogP contribution in [0.25, 0.3) is 0 Å². The van der Waals surface area contributed by atoms with Crippen LogP contribution in [0.3, 0.4) is 0 Å². The average Bonchev–Trinajstić information content (AvgIpc) is 2.82. The van der Waals surface area contributed by atoms with E-state index in [4.69, 9.17) is 4.18 Å². The molecule has 0 atom stereocenters. The monoisotopic (exact) mass is 266 g/mol. The highest BCUT2D eigenvalue weighted by molar-refractivity contribution is 7.85. The van der Waals surface area contributed by atoms with E-state index in [0.29, 0.717) is 0 Å². The molecule has 1 aromatic rings. The van der Waals surface area contributed by atoms with Crippen LogP contribution in [0.1, 0.15) is 31.2 Å². The molecule has 4 heteroatoms. The summed E-state index contributed by atoms with van der Waals surface area (Å²) >= 11 is 0. The van der Waals surface area contributed by atoms with E-state index >= 15 is 0 Å². The van der Waals surface area contributed by atoms with Crippen LogP contribution in [-0.4, -0.2) is 15.0 Å². The predicted octanol–water partition coefficient (Wildman–Crippen LogP) is 3.03. The van der Waals surface area contributed by atoms with Crippen LogP contribution in [-0.2, 0) is 20.1 Å². The van der Waals surface area contributed by atoms with Crippen LogP contribution in [0.2, 0.25) is 0 Å². The molecule has 1 aliphatic carbocycles. The molecular formula is C14H18O3S. The van der Waals surface area contributed by atoms with Gasteiger partial charge in [0.1, 0.15) is 5.75 Å². The number of hydrogen-bond acceptors (Lipinski definition) is 3. The first-order chi connectivity index (χ1) is 8.66. The Kier molecular flexibility index (Phi) is 4.55. The topological polar surface area (TPSA) is 43.4 Å². The maximum absolute atomic E-state index is 11.7. The Labute approximate surface area is 109 Å². The van der Waals surface area contributed by atoms with Crippen molar-refractivity contribution in [1.82, 2.24) is 0 Å². The summed E-state index contributed by atoms with van der Waals surface area (Å²) in [5.74, 6) is -0.0487. The van der Waals surface area contributed by atoms with Crippen molar-refractivity contribution in [2.45, 2.75) is 31.4 Å². The molecular weight excluding hydrogens is 248 g/mol. The highest BCUT2D eigenvalue weighted by Gasteiger charge is 2.13. The lowest BCUT2D eigenvalue weighted by molar-refractivity contribution is 0.320. The molecule has 0 spiro atoms. The van der Waals surface area contributed by atoms with Crippen molar-refractivity contribution in [3.8, 4) is 0 Å². The Morgan fingerprint density at radius 1 is 1.17 bits per heavy atom. The standard InChI is InChI=1S/C14H18O3S/c15-18(16,12-14-8-2-1-3-9-14)17-11-10-13-6-4-5-7-13/h1-3,6,8-9H,4-5,7,10-12H2. The van der Waals surface area contributed by atoms with Gasteiger partial charge >= 0.3 is 0 Å². The van der Waals surface area contributed by atoms with Gasteiger partial charge < -0.3 is 0 Å². The number of rotatable bonds is 6. The van der Waals surface area contributed by atoms with E-state index in [-0.39, 0.29) is 12.4 Å². The van der Waals surface area contributed by atoms with Gasteiger partial charge in [-0.3, -0.25) is 4.18 Å². The van der Waals surface area contributed by atoms with Crippen LogP contribution in [0.15, 0.2) is 42.0 Å². The Morgan fingerprint density at radius 3 is 2.61 bits per heavy atom. The average molecular weight is 266 g/mol. The van der Waals surface area contributed by atoms with Gasteiger partial charge in [0.15, 0.2) is 0 Å². The molecule has 0 aliphatic heterocycles. The van der Waals surface area contributed by atoms with E-state index in [2.05, 4.69) is 6.08 Å². The minimum Gasteiger partial charge on any atom is -0.270 e. The summed E-state index contributed by atoms with van der Waals surface area (Å²) in [4.78, 5) is 0. The lowest BCUT2D eigenvalue weighted by atomic mass is 10.2. The summed E-state index contributed by atoms with van der Waals surface area (Å²) in [6.45, 7) is 0.265. The molecule has 0 saturated carbocycles. The summed E-state index contributed by atoms with van der Waals surface area (Å²) in [5, 5.41) is 0. The van der Waals surface area contributed by atoms with Crippen LogP contribution >= 0.6 is 0 Å². The lowest BCUT2D eigenvalue weighted by Crippen LogP contribution is -2.10. The molecule has 0 bridgehead atoms. The van der Waals surface area contributed by atoms with Gasteiger partial charge in [-0.2, -0.15) is 8.42 Å². The van der Waals surface area contributed by atoms with Gasteiger partial charge in [0.05, 0.1) is 6.61 Å². The quantitative estimate of drug-likeness (QED) is 0.587. The fraction of sp³-hybridized carbons (Fsp3) is 0.429. The smallest absolute Gasteiger partial charge is 0.270 e. The molecule has 0 amide bonds. The van der Waals surface area contributed by atoms with Crippen LogP contribution in [0.4, 0.5) is 0 Å². The molecule has 0 aromatic heterocycles. The van der Waals surface area contributed by atoms with Crippen molar-refractivity contribution in [3.05, 3.63) is 47.5 Å². The van der Waals surface area contributed by atoms with Crippen molar-refractivity contribution in [1.29, 1.82) is 0 Å². The number of hydrogen-bond donors (Lipinski definition) is 0. The zero-order valence-electron chi connectivity index (χ0n) is 10.3. The summed E-state index contributed by atoms with van der Waals surface area (Å²) in [7, 11) is -3.45. The first kappa shape index (κ1) is 13.3. The molecule has 0 saturated heterocycles. The summed E-state index contributed by atoms with van der Waals surface area (Å²) in [5.41, 5.74) is 2.09. The molecule has 1 aromatic carbocycles. The first-order valence-electron chi connectivity index (χ1n) is 6.25. The van der Waals surface area contributed by atoms with Crippen LogP contribution < -0.4 is 0 Å². The van der Waals surface area contributed by atoms with E-state index < -0.39 is 10.1 Å². The van der Waals surface area contributed by atoms with Gasteiger partial charge in [0.2, 0.25) is 0 Å². The number of allylic oxidation sites excluding steroid dienone is 1. The zero-order chi connectivity index (χ0) is 12.8. The van der Waals surface area contributed by atoms with Crippen molar-refractivity contribution in [2.75, 3.05) is 6.61 Å². The second-order valence-corrected chi connectivity index (χ2v) is 6.15. The fourth-order valence-electron chi connectivity index (χ4n) is 2.08. The minimum atomic E-state index is -3.45. The van der Waals surface area contributed by atoms with E-state index in [9.17, 15) is 8.42 Å². The zero-order valence-corrected chi connectivity index (χ0v) is 11.2. The van der Waals surface area contributed by atoms with E-state index in [1.54, 1.807) is 12.1 Å². The third-order valence-electron chi connectivity index (χ3n) is 3.01. The number of benzene rings is 1. The normalized spacial score (nSPS) is 15.7. The molecule has 98 valence electrons. The Bertz CT molecular complexity index is 503. The van der Waals surface area contributed by atoms with Gasteiger partial charge in [0, 0.05) is 0 Å². The van der Waals surface area contributed by atoms with Crippen molar-refractivity contribution in [3.63, 3.8) is 0 Å². The highest BCUT2D eigenvalue weighted by atomic mass is 32.2. The molecule has 0 radical (unpaired) electrons. The van der Waals surface area contributed by atoms with Gasteiger partial charge in [0.25, 0.3) is 10.1 Å². The summed E-state index contributed by atoms with van der Waals surface area (Å²) < 4.78 is 28.5. The van der Waals surface area contributed by atoms with Crippen molar-refractivity contribution >= 4 is 10.1 Å². The predicted molar refractivity (Wildman–Crippen MR) is 71.6 cm³/mol. The first-order valence-corrected chi connectivity index (χ1v) is 7.82. The van der Waals surface area contributed by atoms with E-state index in [1.165, 1.54) is 12.0 Å². The summed E-state index contributed by atoms with van der Waals surface area (Å²) in [6.07, 6.45) is 6.31. The van der Waals surface area contributed by atoms with Gasteiger partial charge in [-0.1, -0.05) is 42.0 Å². The molecule has 1 aliphatic rings. The minimum absolute atomic E-state index is 0.0487.